The molecule has 0 amide bonds. The lowest BCUT2D eigenvalue weighted by atomic mass is 10.1. The number of nitrogens with zero attached hydrogens (tertiary/aromatic N) is 1. The van der Waals surface area contributed by atoms with Gasteiger partial charge >= 0.3 is 0 Å². The van der Waals surface area contributed by atoms with Crippen molar-refractivity contribution >= 4 is 11.6 Å². The molecule has 100 valence electrons. The molecule has 1 aromatic carbocycles. The van der Waals surface area contributed by atoms with Crippen molar-refractivity contribution in [2.75, 3.05) is 25.6 Å². The van der Waals surface area contributed by atoms with E-state index >= 15 is 0 Å². The van der Waals surface area contributed by atoms with Crippen LogP contribution in [0.1, 0.15) is 17.5 Å². The summed E-state index contributed by atoms with van der Waals surface area (Å²) in [6.07, 6.45) is 0.871. The highest BCUT2D eigenvalue weighted by Crippen LogP contribution is 2.13. The van der Waals surface area contributed by atoms with E-state index in [2.05, 4.69) is 47.8 Å². The van der Waals surface area contributed by atoms with Crippen molar-refractivity contribution in [2.24, 2.45) is 10.8 Å². The molecule has 1 rings (SSSR count). The van der Waals surface area contributed by atoms with Crippen LogP contribution in [0, 0.1) is 13.8 Å². The van der Waals surface area contributed by atoms with E-state index in [1.807, 2.05) is 0 Å². The molecule has 0 aliphatic rings. The minimum absolute atomic E-state index is 0.566. The van der Waals surface area contributed by atoms with Gasteiger partial charge < -0.3 is 10.1 Å². The van der Waals surface area contributed by atoms with Gasteiger partial charge in [0.2, 0.25) is 5.96 Å². The normalized spacial score (nSPS) is 11.4. The number of nitrogens with one attached hydrogen (secondary N) is 2. The van der Waals surface area contributed by atoms with E-state index < -0.39 is 0 Å². The largest absolute Gasteiger partial charge is 0.385 e. The average molecular weight is 250 g/mol. The number of aliphatic imine (C=N–C) groups is 1. The van der Waals surface area contributed by atoms with E-state index in [4.69, 9.17) is 10.6 Å². The lowest BCUT2D eigenvalue weighted by Gasteiger charge is -2.10. The Hall–Kier alpha value is -1.59. The number of hydrazine groups is 1. The molecule has 1 aromatic rings. The highest BCUT2D eigenvalue weighted by Gasteiger charge is 1.99. The first-order chi connectivity index (χ1) is 8.65. The molecule has 5 heteroatoms. The molecule has 0 aliphatic carbocycles. The Morgan fingerprint density at radius 2 is 1.94 bits per heavy atom. The lowest BCUT2D eigenvalue weighted by molar-refractivity contribution is 0.197. The maximum absolute atomic E-state index is 5.44. The molecule has 5 nitrogen and oxygen atoms in total. The van der Waals surface area contributed by atoms with Gasteiger partial charge in [0.05, 0.1) is 0 Å². The highest BCUT2D eigenvalue weighted by atomic mass is 16.5. The van der Waals surface area contributed by atoms with Gasteiger partial charge in [0, 0.05) is 25.9 Å². The van der Waals surface area contributed by atoms with Gasteiger partial charge in [0.1, 0.15) is 0 Å². The van der Waals surface area contributed by atoms with Crippen molar-refractivity contribution in [1.82, 2.24) is 5.43 Å². The number of aryl methyl sites for hydroxylation is 2. The van der Waals surface area contributed by atoms with E-state index in [0.29, 0.717) is 19.1 Å². The Morgan fingerprint density at radius 1 is 1.28 bits per heavy atom. The first-order valence-electron chi connectivity index (χ1n) is 6.01. The summed E-state index contributed by atoms with van der Waals surface area (Å²) in [6.45, 7) is 5.49. The molecule has 0 unspecified atom stereocenters. The first kappa shape index (κ1) is 14.5. The number of benzene rings is 1. The molecule has 0 aliphatic heterocycles. The molecule has 0 bridgehead atoms. The smallest absolute Gasteiger partial charge is 0.210 e. The number of guanidine groups is 1. The second-order valence-electron chi connectivity index (χ2n) is 4.22. The van der Waals surface area contributed by atoms with Crippen LogP contribution in [0.4, 0.5) is 5.69 Å². The van der Waals surface area contributed by atoms with E-state index in [1.165, 1.54) is 11.1 Å². The van der Waals surface area contributed by atoms with Crippen LogP contribution in [0.5, 0.6) is 0 Å². The maximum Gasteiger partial charge on any atom is 0.210 e. The Balaban J connectivity index is 2.61. The number of ether oxygens (including phenoxy) is 1. The third-order valence-electron chi connectivity index (χ3n) is 2.40. The molecular formula is C13H22N4O. The Labute approximate surface area is 108 Å². The topological polar surface area (TPSA) is 71.7 Å². The molecule has 4 N–H and O–H groups in total. The maximum atomic E-state index is 5.44. The minimum Gasteiger partial charge on any atom is -0.385 e. The van der Waals surface area contributed by atoms with Crippen molar-refractivity contribution in [3.8, 4) is 0 Å². The fourth-order valence-corrected chi connectivity index (χ4v) is 1.70. The second-order valence-corrected chi connectivity index (χ2v) is 4.22. The average Bonchev–Trinajstić information content (AvgIpc) is 2.32. The molecular weight excluding hydrogens is 228 g/mol. The monoisotopic (exact) mass is 250 g/mol. The Kier molecular flexibility index (Phi) is 6.18. The third kappa shape index (κ3) is 5.16. The quantitative estimate of drug-likeness (QED) is 0.244. The fraction of sp³-hybridized carbons (Fsp3) is 0.462. The first-order valence-corrected chi connectivity index (χ1v) is 6.01. The number of hydrogen-bond donors (Lipinski definition) is 3. The summed E-state index contributed by atoms with van der Waals surface area (Å²) < 4.78 is 4.97. The standard InChI is InChI=1S/C13H22N4O/c1-10-7-11(2)9-12(8-10)16-13(17-14)15-5-4-6-18-3/h7-9H,4-6,14H2,1-3H3,(H2,15,16,17). The van der Waals surface area contributed by atoms with Crippen LogP contribution < -0.4 is 16.6 Å². The van der Waals surface area contributed by atoms with E-state index in [0.717, 1.165) is 12.1 Å². The molecule has 0 fully saturated rings. The molecule has 0 saturated heterocycles. The van der Waals surface area contributed by atoms with Gasteiger partial charge in [0.15, 0.2) is 0 Å². The summed E-state index contributed by atoms with van der Waals surface area (Å²) in [4.78, 5) is 4.32. The third-order valence-corrected chi connectivity index (χ3v) is 2.40. The van der Waals surface area contributed by atoms with Gasteiger partial charge in [-0.15, -0.1) is 0 Å². The molecule has 0 saturated carbocycles. The zero-order chi connectivity index (χ0) is 13.4. The summed E-state index contributed by atoms with van der Waals surface area (Å²) in [5.74, 6) is 6.00. The highest BCUT2D eigenvalue weighted by molar-refractivity contribution is 5.93. The lowest BCUT2D eigenvalue weighted by Crippen LogP contribution is -2.36. The van der Waals surface area contributed by atoms with Crippen molar-refractivity contribution in [3.05, 3.63) is 29.3 Å². The van der Waals surface area contributed by atoms with Crippen LogP contribution in [0.3, 0.4) is 0 Å². The van der Waals surface area contributed by atoms with Crippen LogP contribution in [-0.4, -0.2) is 26.2 Å². The second kappa shape index (κ2) is 7.68. The molecule has 0 spiro atoms. The molecule has 18 heavy (non-hydrogen) atoms. The van der Waals surface area contributed by atoms with Crippen LogP contribution in [0.25, 0.3) is 0 Å². The van der Waals surface area contributed by atoms with Crippen LogP contribution >= 0.6 is 0 Å². The predicted octanol–water partition coefficient (Wildman–Crippen LogP) is 1.57. The Bertz CT molecular complexity index is 384. The number of hydrogen-bond acceptors (Lipinski definition) is 3. The Morgan fingerprint density at radius 3 is 2.50 bits per heavy atom. The van der Waals surface area contributed by atoms with Crippen molar-refractivity contribution < 1.29 is 4.74 Å². The summed E-state index contributed by atoms with van der Waals surface area (Å²) >= 11 is 0. The number of anilines is 1. The van der Waals surface area contributed by atoms with Gasteiger partial charge in [-0.25, -0.2) is 5.84 Å². The van der Waals surface area contributed by atoms with Gasteiger partial charge in [0.25, 0.3) is 0 Å². The fourth-order valence-electron chi connectivity index (χ4n) is 1.70. The van der Waals surface area contributed by atoms with Gasteiger partial charge in [-0.05, 0) is 43.5 Å². The number of methoxy groups -OCH3 is 1. The summed E-state index contributed by atoms with van der Waals surface area (Å²) in [6, 6.07) is 6.22. The van der Waals surface area contributed by atoms with Crippen LogP contribution in [0.15, 0.2) is 23.2 Å². The van der Waals surface area contributed by atoms with Gasteiger partial charge in [-0.1, -0.05) is 6.07 Å². The van der Waals surface area contributed by atoms with Crippen LogP contribution in [0.2, 0.25) is 0 Å². The summed E-state index contributed by atoms with van der Waals surface area (Å²) in [7, 11) is 1.68. The van der Waals surface area contributed by atoms with Crippen molar-refractivity contribution in [1.29, 1.82) is 0 Å². The molecule has 0 atom stereocenters. The SMILES string of the molecule is COCCCN=C(NN)Nc1cc(C)cc(C)c1. The molecule has 0 radical (unpaired) electrons. The van der Waals surface area contributed by atoms with Crippen molar-refractivity contribution in [2.45, 2.75) is 20.3 Å². The van der Waals surface area contributed by atoms with Crippen molar-refractivity contribution in [3.63, 3.8) is 0 Å². The zero-order valence-electron chi connectivity index (χ0n) is 11.3. The van der Waals surface area contributed by atoms with E-state index in [-0.39, 0.29) is 0 Å². The number of nitrogens with two attached hydrogens (primary N) is 1. The van der Waals surface area contributed by atoms with Crippen LogP contribution in [-0.2, 0) is 4.74 Å². The molecule has 0 aromatic heterocycles. The summed E-state index contributed by atoms with van der Waals surface area (Å²) in [5, 5.41) is 3.16. The molecule has 0 heterocycles. The number of rotatable bonds is 5. The van der Waals surface area contributed by atoms with E-state index in [9.17, 15) is 0 Å². The van der Waals surface area contributed by atoms with Gasteiger partial charge in [-0.3, -0.25) is 10.4 Å². The predicted molar refractivity (Wildman–Crippen MR) is 75.7 cm³/mol. The minimum atomic E-state index is 0.566. The van der Waals surface area contributed by atoms with E-state index in [1.54, 1.807) is 7.11 Å². The van der Waals surface area contributed by atoms with Gasteiger partial charge in [-0.2, -0.15) is 0 Å². The summed E-state index contributed by atoms with van der Waals surface area (Å²) in [5.41, 5.74) is 5.95. The zero-order valence-corrected chi connectivity index (χ0v) is 11.3.